The fraction of sp³-hybridized carbons (Fsp3) is 0.542. The number of ketones is 1. The van der Waals surface area contributed by atoms with Crippen LogP contribution in [0.25, 0.3) is 0 Å². The summed E-state index contributed by atoms with van der Waals surface area (Å²) in [7, 11) is 0. The van der Waals surface area contributed by atoms with Gasteiger partial charge in [-0.25, -0.2) is 0 Å². The molecular weight excluding hydrogens is 456 g/mol. The molecule has 35 heavy (non-hydrogen) atoms. The van der Waals surface area contributed by atoms with E-state index >= 15 is 0 Å². The van der Waals surface area contributed by atoms with Crippen molar-refractivity contribution in [2.45, 2.75) is 64.3 Å². The van der Waals surface area contributed by atoms with Gasteiger partial charge in [0.2, 0.25) is 11.8 Å². The van der Waals surface area contributed by atoms with E-state index in [-0.39, 0.29) is 60.6 Å². The Labute approximate surface area is 203 Å². The number of nitrogens with zero attached hydrogens (tertiary/aromatic N) is 2. The van der Waals surface area contributed by atoms with Gasteiger partial charge in [-0.2, -0.15) is 0 Å². The minimum atomic E-state index is -0.822. The Morgan fingerprint density at radius 2 is 1.11 bits per heavy atom. The topological polar surface area (TPSA) is 150 Å². The molecule has 0 radical (unpaired) electrons. The molecule has 190 valence electrons. The van der Waals surface area contributed by atoms with Gasteiger partial charge in [-0.1, -0.05) is 12.8 Å². The molecule has 0 unspecified atom stereocenters. The lowest BCUT2D eigenvalue weighted by atomic mass is 10.1. The van der Waals surface area contributed by atoms with Crippen molar-refractivity contribution in [1.29, 1.82) is 0 Å². The molecular formula is C24H32N4O7. The largest absolute Gasteiger partial charge is 0.354 e. The minimum Gasteiger partial charge on any atom is -0.354 e. The van der Waals surface area contributed by atoms with Crippen molar-refractivity contribution in [1.82, 2.24) is 20.4 Å². The fourth-order valence-corrected chi connectivity index (χ4v) is 3.63. The highest BCUT2D eigenvalue weighted by Crippen LogP contribution is 2.09. The maximum absolute atomic E-state index is 12.2. The van der Waals surface area contributed by atoms with Crippen molar-refractivity contribution >= 4 is 41.2 Å². The second-order valence-corrected chi connectivity index (χ2v) is 8.48. The number of carbonyl (C=O) groups excluding carboxylic acids is 7. The molecule has 2 N–H and O–H groups in total. The van der Waals surface area contributed by atoms with E-state index in [2.05, 4.69) is 10.6 Å². The smallest absolute Gasteiger partial charge is 0.253 e. The summed E-state index contributed by atoms with van der Waals surface area (Å²) in [6, 6.07) is -0.822. The Hall–Kier alpha value is -3.63. The van der Waals surface area contributed by atoms with Gasteiger partial charge in [0.15, 0.2) is 5.78 Å². The molecule has 0 saturated heterocycles. The average molecular weight is 489 g/mol. The molecule has 0 saturated carbocycles. The summed E-state index contributed by atoms with van der Waals surface area (Å²) in [4.78, 5) is 84.3. The van der Waals surface area contributed by atoms with Gasteiger partial charge < -0.3 is 10.6 Å². The van der Waals surface area contributed by atoms with E-state index < -0.39 is 6.04 Å². The van der Waals surface area contributed by atoms with Crippen LogP contribution in [-0.4, -0.2) is 76.7 Å². The Morgan fingerprint density at radius 1 is 0.686 bits per heavy atom. The minimum absolute atomic E-state index is 0.00542. The molecule has 0 bridgehead atoms. The number of unbranched alkanes of at least 4 members (excludes halogenated alkanes) is 4. The summed E-state index contributed by atoms with van der Waals surface area (Å²) in [6.45, 7) is 1.95. The van der Waals surface area contributed by atoms with Gasteiger partial charge in [0.05, 0.1) is 0 Å². The number of amides is 6. The van der Waals surface area contributed by atoms with Gasteiger partial charge in [-0.05, 0) is 32.6 Å². The van der Waals surface area contributed by atoms with Crippen LogP contribution in [0, 0.1) is 0 Å². The van der Waals surface area contributed by atoms with E-state index in [1.165, 1.54) is 31.2 Å². The van der Waals surface area contributed by atoms with Gasteiger partial charge in [0.25, 0.3) is 23.6 Å². The lowest BCUT2D eigenvalue weighted by Gasteiger charge is -2.17. The number of hydrogen-bond donors (Lipinski definition) is 2. The van der Waals surface area contributed by atoms with Crippen LogP contribution in [0.3, 0.4) is 0 Å². The fourth-order valence-electron chi connectivity index (χ4n) is 3.63. The summed E-state index contributed by atoms with van der Waals surface area (Å²) in [5.74, 6) is -2.13. The molecule has 2 rings (SSSR count). The van der Waals surface area contributed by atoms with E-state index in [0.717, 1.165) is 9.80 Å². The molecule has 0 aliphatic carbocycles. The SMILES string of the molecule is CC(=O)[C@@H](CNC(=O)CCCCCN1C(=O)C=CC1=O)NC(=O)CCCCCN1C(=O)C=CC1=O. The zero-order valence-corrected chi connectivity index (χ0v) is 19.9. The quantitative estimate of drug-likeness (QED) is 0.232. The Bertz CT molecular complexity index is 889. The van der Waals surface area contributed by atoms with Crippen LogP contribution in [0.2, 0.25) is 0 Å². The van der Waals surface area contributed by atoms with Crippen LogP contribution in [0.15, 0.2) is 24.3 Å². The summed E-state index contributed by atoms with van der Waals surface area (Å²) >= 11 is 0. The second kappa shape index (κ2) is 13.9. The first-order chi connectivity index (χ1) is 16.7. The first-order valence-corrected chi connectivity index (χ1v) is 11.8. The third-order valence-corrected chi connectivity index (χ3v) is 5.70. The van der Waals surface area contributed by atoms with Crippen molar-refractivity contribution in [3.63, 3.8) is 0 Å². The third kappa shape index (κ3) is 9.26. The molecule has 2 aliphatic rings. The summed E-state index contributed by atoms with van der Waals surface area (Å²) in [6.07, 6.45) is 8.95. The van der Waals surface area contributed by atoms with Crippen molar-refractivity contribution in [3.8, 4) is 0 Å². The van der Waals surface area contributed by atoms with Crippen molar-refractivity contribution in [2.24, 2.45) is 0 Å². The van der Waals surface area contributed by atoms with E-state index in [0.29, 0.717) is 51.6 Å². The summed E-state index contributed by atoms with van der Waals surface area (Å²) in [5.41, 5.74) is 0. The number of imide groups is 2. The number of nitrogens with one attached hydrogen (secondary N) is 2. The molecule has 6 amide bonds. The molecule has 0 aromatic rings. The molecule has 2 heterocycles. The Morgan fingerprint density at radius 3 is 1.54 bits per heavy atom. The van der Waals surface area contributed by atoms with Crippen LogP contribution in [0.1, 0.15) is 58.3 Å². The maximum Gasteiger partial charge on any atom is 0.253 e. The molecule has 2 aliphatic heterocycles. The molecule has 11 heteroatoms. The second-order valence-electron chi connectivity index (χ2n) is 8.48. The number of carbonyl (C=O) groups is 7. The normalized spacial score (nSPS) is 15.8. The van der Waals surface area contributed by atoms with E-state index in [1.54, 1.807) is 0 Å². The van der Waals surface area contributed by atoms with Crippen LogP contribution in [0.4, 0.5) is 0 Å². The molecule has 0 fully saturated rings. The summed E-state index contributed by atoms with van der Waals surface area (Å²) in [5, 5.41) is 5.28. The first-order valence-electron chi connectivity index (χ1n) is 11.8. The molecule has 0 aromatic heterocycles. The lowest BCUT2D eigenvalue weighted by Crippen LogP contribution is -2.47. The predicted octanol–water partition coefficient (Wildman–Crippen LogP) is 0.147. The molecule has 0 spiro atoms. The third-order valence-electron chi connectivity index (χ3n) is 5.70. The monoisotopic (exact) mass is 488 g/mol. The van der Waals surface area contributed by atoms with Crippen molar-refractivity contribution < 1.29 is 33.6 Å². The Balaban J connectivity index is 1.55. The van der Waals surface area contributed by atoms with Gasteiger partial charge in [0, 0.05) is 56.8 Å². The molecule has 11 nitrogen and oxygen atoms in total. The van der Waals surface area contributed by atoms with Gasteiger partial charge in [0.1, 0.15) is 6.04 Å². The van der Waals surface area contributed by atoms with Gasteiger partial charge >= 0.3 is 0 Å². The molecule has 0 aromatic carbocycles. The highest BCUT2D eigenvalue weighted by Gasteiger charge is 2.23. The first kappa shape index (κ1) is 27.6. The van der Waals surface area contributed by atoms with Crippen molar-refractivity contribution in [3.05, 3.63) is 24.3 Å². The highest BCUT2D eigenvalue weighted by atomic mass is 16.2. The van der Waals surface area contributed by atoms with E-state index in [9.17, 15) is 33.6 Å². The van der Waals surface area contributed by atoms with Crippen LogP contribution >= 0.6 is 0 Å². The standard InChI is InChI=1S/C24H32N4O7/c1-17(29)18(26-20(31)9-5-3-7-15-28-23(34)12-13-24(28)35)16-25-19(30)8-4-2-6-14-27-21(32)10-11-22(27)33/h10-13,18H,2-9,14-16H2,1H3,(H,25,30)(H,26,31)/t18-/m1/s1. The number of Topliss-reactive ketones (excluding diaryl/α,β-unsaturated/α-hetero) is 1. The van der Waals surface area contributed by atoms with Crippen molar-refractivity contribution in [2.75, 3.05) is 19.6 Å². The van der Waals surface area contributed by atoms with Crippen LogP contribution in [-0.2, 0) is 33.6 Å². The Kier molecular flexibility index (Phi) is 11.0. The van der Waals surface area contributed by atoms with E-state index in [4.69, 9.17) is 0 Å². The highest BCUT2D eigenvalue weighted by molar-refractivity contribution is 6.13. The summed E-state index contributed by atoms with van der Waals surface area (Å²) < 4.78 is 0. The number of hydrogen-bond acceptors (Lipinski definition) is 7. The lowest BCUT2D eigenvalue weighted by molar-refractivity contribution is -0.138. The van der Waals surface area contributed by atoms with Crippen LogP contribution < -0.4 is 10.6 Å². The van der Waals surface area contributed by atoms with E-state index in [1.807, 2.05) is 0 Å². The predicted molar refractivity (Wildman–Crippen MR) is 124 cm³/mol. The molecule has 1 atom stereocenters. The van der Waals surface area contributed by atoms with Crippen LogP contribution in [0.5, 0.6) is 0 Å². The zero-order chi connectivity index (χ0) is 25.8. The number of rotatable bonds is 16. The maximum atomic E-state index is 12.2. The average Bonchev–Trinajstić information content (AvgIpc) is 3.30. The zero-order valence-electron chi connectivity index (χ0n) is 19.9. The van der Waals surface area contributed by atoms with Gasteiger partial charge in [-0.15, -0.1) is 0 Å². The van der Waals surface area contributed by atoms with Gasteiger partial charge in [-0.3, -0.25) is 43.4 Å².